The van der Waals surface area contributed by atoms with Crippen LogP contribution in [0.4, 0.5) is 4.79 Å². The van der Waals surface area contributed by atoms with Gasteiger partial charge in [-0.1, -0.05) is 72.8 Å². The summed E-state index contributed by atoms with van der Waals surface area (Å²) < 4.78 is 0. The average Bonchev–Trinajstić information content (AvgIpc) is 3.03. The Morgan fingerprint density at radius 1 is 0.974 bits per heavy atom. The Balaban J connectivity index is 1.55. The van der Waals surface area contributed by atoms with E-state index in [1.807, 2.05) is 72.8 Å². The number of amides is 4. The molecule has 0 aromatic heterocycles. The van der Waals surface area contributed by atoms with Crippen molar-refractivity contribution in [3.63, 3.8) is 0 Å². The summed E-state index contributed by atoms with van der Waals surface area (Å²) in [6, 6.07) is 23.0. The Bertz CT molecular complexity index is 1310. The lowest BCUT2D eigenvalue weighted by molar-refractivity contribution is -0.138. The number of nitrogens with zero attached hydrogens (tertiary/aromatic N) is 1. The molecule has 0 bridgehead atoms. The molecule has 1 heterocycles. The second-order valence-corrected chi connectivity index (χ2v) is 10.2. The molecule has 0 radical (unpaired) electrons. The van der Waals surface area contributed by atoms with Crippen molar-refractivity contribution in [3.8, 4) is 11.1 Å². The lowest BCUT2D eigenvalue weighted by Gasteiger charge is -2.27. The van der Waals surface area contributed by atoms with E-state index >= 15 is 0 Å². The van der Waals surface area contributed by atoms with E-state index in [-0.39, 0.29) is 17.8 Å². The predicted octanol–water partition coefficient (Wildman–Crippen LogP) is 3.09. The summed E-state index contributed by atoms with van der Waals surface area (Å²) in [6.45, 7) is 4.54. The molecular formula is C30H35N5O3. The molecule has 0 unspecified atom stereocenters. The quantitative estimate of drug-likeness (QED) is 0.388. The fraction of sp³-hybridized carbons (Fsp3) is 0.300. The van der Waals surface area contributed by atoms with Crippen LogP contribution in [0.25, 0.3) is 11.1 Å². The number of fused-ring (bicyclic) bond motifs is 1. The molecule has 3 aromatic rings. The normalized spacial score (nSPS) is 15.3. The highest BCUT2D eigenvalue weighted by Gasteiger charge is 2.33. The van der Waals surface area contributed by atoms with Crippen LogP contribution >= 0.6 is 0 Å². The standard InChI is InChI=1S/C30H35N5O3/c1-30(2,31)28(37)34-26-16-22-8-4-5-10-24(22)19-35(27(26)36)18-20-12-14-21(15-13-20)25-11-7-6-9-23(25)17-33-29(38)32-3/h4-15,26H,16-19,31H2,1-3H3,(H,34,37)(H2,32,33,38)/t26-/m1/s1. The molecule has 4 amide bonds. The fourth-order valence-electron chi connectivity index (χ4n) is 4.54. The molecule has 0 fully saturated rings. The third-order valence-corrected chi connectivity index (χ3v) is 6.73. The molecule has 8 nitrogen and oxygen atoms in total. The van der Waals surface area contributed by atoms with Gasteiger partial charge in [-0.15, -0.1) is 0 Å². The van der Waals surface area contributed by atoms with Crippen molar-refractivity contribution in [2.24, 2.45) is 5.73 Å². The summed E-state index contributed by atoms with van der Waals surface area (Å²) in [5.41, 5.74) is 11.0. The molecule has 8 heteroatoms. The van der Waals surface area contributed by atoms with Crippen LogP contribution in [0.1, 0.15) is 36.1 Å². The van der Waals surface area contributed by atoms with Crippen molar-refractivity contribution >= 4 is 17.8 Å². The number of carbonyl (C=O) groups excluding carboxylic acids is 3. The van der Waals surface area contributed by atoms with Gasteiger partial charge in [0, 0.05) is 33.1 Å². The third kappa shape index (κ3) is 6.39. The Morgan fingerprint density at radius 2 is 1.63 bits per heavy atom. The molecule has 0 saturated heterocycles. The molecule has 5 N–H and O–H groups in total. The van der Waals surface area contributed by atoms with Crippen molar-refractivity contribution in [1.82, 2.24) is 20.9 Å². The van der Waals surface area contributed by atoms with Crippen LogP contribution in [-0.4, -0.2) is 41.4 Å². The minimum atomic E-state index is -1.08. The van der Waals surface area contributed by atoms with Gasteiger partial charge in [-0.2, -0.15) is 0 Å². The Labute approximate surface area is 223 Å². The monoisotopic (exact) mass is 513 g/mol. The molecular weight excluding hydrogens is 478 g/mol. The first-order chi connectivity index (χ1) is 18.2. The molecule has 1 aliphatic rings. The minimum Gasteiger partial charge on any atom is -0.342 e. The van der Waals surface area contributed by atoms with Gasteiger partial charge in [-0.3, -0.25) is 9.59 Å². The summed E-state index contributed by atoms with van der Waals surface area (Å²) in [5, 5.41) is 8.28. The smallest absolute Gasteiger partial charge is 0.314 e. The van der Waals surface area contributed by atoms with Crippen molar-refractivity contribution in [1.29, 1.82) is 0 Å². The molecule has 198 valence electrons. The number of nitrogens with two attached hydrogens (primary N) is 1. The van der Waals surface area contributed by atoms with Crippen LogP contribution in [0.2, 0.25) is 0 Å². The maximum Gasteiger partial charge on any atom is 0.314 e. The van der Waals surface area contributed by atoms with E-state index < -0.39 is 11.6 Å². The molecule has 1 aliphatic heterocycles. The van der Waals surface area contributed by atoms with Crippen molar-refractivity contribution in [2.45, 2.75) is 51.5 Å². The van der Waals surface area contributed by atoms with E-state index in [1.54, 1.807) is 25.8 Å². The van der Waals surface area contributed by atoms with E-state index in [0.717, 1.165) is 33.4 Å². The molecule has 0 aliphatic carbocycles. The summed E-state index contributed by atoms with van der Waals surface area (Å²) in [6.07, 6.45) is 0.424. The summed E-state index contributed by atoms with van der Waals surface area (Å²) in [5.74, 6) is -0.488. The molecule has 0 spiro atoms. The minimum absolute atomic E-state index is 0.131. The number of rotatable bonds is 7. The maximum absolute atomic E-state index is 13.6. The van der Waals surface area contributed by atoms with E-state index in [1.165, 1.54) is 0 Å². The lowest BCUT2D eigenvalue weighted by atomic mass is 9.98. The van der Waals surface area contributed by atoms with Gasteiger partial charge in [-0.05, 0) is 47.2 Å². The van der Waals surface area contributed by atoms with E-state index in [4.69, 9.17) is 5.73 Å². The Hall–Kier alpha value is -4.17. The number of nitrogens with one attached hydrogen (secondary N) is 3. The zero-order chi connectivity index (χ0) is 27.3. The number of hydrogen-bond donors (Lipinski definition) is 4. The maximum atomic E-state index is 13.6. The second-order valence-electron chi connectivity index (χ2n) is 10.2. The summed E-state index contributed by atoms with van der Waals surface area (Å²) in [7, 11) is 1.59. The Morgan fingerprint density at radius 3 is 2.32 bits per heavy atom. The zero-order valence-electron chi connectivity index (χ0n) is 22.1. The van der Waals surface area contributed by atoms with Gasteiger partial charge in [0.15, 0.2) is 0 Å². The summed E-state index contributed by atoms with van der Waals surface area (Å²) >= 11 is 0. The predicted molar refractivity (Wildman–Crippen MR) is 148 cm³/mol. The second kappa shape index (κ2) is 11.5. The van der Waals surface area contributed by atoms with Crippen LogP contribution in [0.3, 0.4) is 0 Å². The molecule has 1 atom stereocenters. The number of hydrogen-bond acceptors (Lipinski definition) is 4. The van der Waals surface area contributed by atoms with Gasteiger partial charge in [0.1, 0.15) is 6.04 Å². The van der Waals surface area contributed by atoms with Crippen LogP contribution < -0.4 is 21.7 Å². The molecule has 0 saturated carbocycles. The largest absolute Gasteiger partial charge is 0.342 e. The first kappa shape index (κ1) is 26.9. The van der Waals surface area contributed by atoms with Gasteiger partial charge in [0.2, 0.25) is 11.8 Å². The van der Waals surface area contributed by atoms with Crippen LogP contribution in [-0.2, 0) is 35.6 Å². The van der Waals surface area contributed by atoms with E-state index in [2.05, 4.69) is 16.0 Å². The highest BCUT2D eigenvalue weighted by molar-refractivity contribution is 5.92. The first-order valence-corrected chi connectivity index (χ1v) is 12.7. The van der Waals surface area contributed by atoms with Crippen molar-refractivity contribution < 1.29 is 14.4 Å². The van der Waals surface area contributed by atoms with Crippen molar-refractivity contribution in [3.05, 3.63) is 95.1 Å². The Kier molecular flexibility index (Phi) is 8.12. The molecule has 38 heavy (non-hydrogen) atoms. The van der Waals surface area contributed by atoms with Gasteiger partial charge in [-0.25, -0.2) is 4.79 Å². The van der Waals surface area contributed by atoms with Gasteiger partial charge in [0.05, 0.1) is 5.54 Å². The topological polar surface area (TPSA) is 117 Å². The van der Waals surface area contributed by atoms with Crippen molar-refractivity contribution in [2.75, 3.05) is 7.05 Å². The number of carbonyl (C=O) groups is 3. The van der Waals surface area contributed by atoms with E-state index in [0.29, 0.717) is 26.1 Å². The highest BCUT2D eigenvalue weighted by Crippen LogP contribution is 2.26. The average molecular weight is 514 g/mol. The fourth-order valence-corrected chi connectivity index (χ4v) is 4.54. The highest BCUT2D eigenvalue weighted by atomic mass is 16.2. The lowest BCUT2D eigenvalue weighted by Crippen LogP contribution is -2.56. The molecule has 4 rings (SSSR count). The van der Waals surface area contributed by atoms with Gasteiger partial charge in [0.25, 0.3) is 0 Å². The first-order valence-electron chi connectivity index (χ1n) is 12.7. The molecule has 3 aromatic carbocycles. The van der Waals surface area contributed by atoms with E-state index in [9.17, 15) is 14.4 Å². The number of benzene rings is 3. The van der Waals surface area contributed by atoms with Gasteiger partial charge >= 0.3 is 6.03 Å². The van der Waals surface area contributed by atoms with Crippen LogP contribution in [0, 0.1) is 0 Å². The number of urea groups is 1. The zero-order valence-corrected chi connectivity index (χ0v) is 22.1. The van der Waals surface area contributed by atoms with Gasteiger partial charge < -0.3 is 26.6 Å². The van der Waals surface area contributed by atoms with Crippen LogP contribution in [0.5, 0.6) is 0 Å². The third-order valence-electron chi connectivity index (χ3n) is 6.73. The van der Waals surface area contributed by atoms with Crippen LogP contribution in [0.15, 0.2) is 72.8 Å². The SMILES string of the molecule is CNC(=O)NCc1ccccc1-c1ccc(CN2Cc3ccccc3C[C@@H](NC(=O)C(C)(C)N)C2=O)cc1. The summed E-state index contributed by atoms with van der Waals surface area (Å²) in [4.78, 5) is 39.7.